The molecule has 0 saturated heterocycles. The third kappa shape index (κ3) is 7.70. The van der Waals surface area contributed by atoms with Gasteiger partial charge in [-0.1, -0.05) is 43.1 Å². The molecule has 2 aromatic carbocycles. The van der Waals surface area contributed by atoms with E-state index in [1.165, 1.54) is 35.2 Å². The zero-order valence-corrected chi connectivity index (χ0v) is 21.4. The number of hydrogen-bond acceptors (Lipinski definition) is 4. The highest BCUT2D eigenvalue weighted by molar-refractivity contribution is 7.92. The molecule has 0 fully saturated rings. The van der Waals surface area contributed by atoms with Crippen molar-refractivity contribution in [1.29, 1.82) is 0 Å². The lowest BCUT2D eigenvalue weighted by molar-refractivity contribution is -0.139. The Morgan fingerprint density at radius 3 is 2.38 bits per heavy atom. The van der Waals surface area contributed by atoms with Crippen molar-refractivity contribution in [3.05, 3.63) is 64.4 Å². The minimum absolute atomic E-state index is 0.00755. The number of amides is 2. The average molecular weight is 512 g/mol. The number of nitrogens with zero attached hydrogens (tertiary/aromatic N) is 2. The van der Waals surface area contributed by atoms with Gasteiger partial charge in [0.1, 0.15) is 18.4 Å². The molecule has 0 aromatic heterocycles. The van der Waals surface area contributed by atoms with Crippen molar-refractivity contribution in [2.75, 3.05) is 23.7 Å². The molecule has 0 aliphatic rings. The fourth-order valence-electron chi connectivity index (χ4n) is 3.35. The molecule has 7 nitrogen and oxygen atoms in total. The van der Waals surface area contributed by atoms with Gasteiger partial charge in [0.2, 0.25) is 21.8 Å². The average Bonchev–Trinajstić information content (AvgIpc) is 2.77. The molecular weight excluding hydrogens is 481 g/mol. The number of aryl methyl sites for hydroxylation is 1. The van der Waals surface area contributed by atoms with Crippen molar-refractivity contribution in [2.24, 2.45) is 0 Å². The largest absolute Gasteiger partial charge is 0.354 e. The van der Waals surface area contributed by atoms with Crippen molar-refractivity contribution in [2.45, 2.75) is 46.2 Å². The summed E-state index contributed by atoms with van der Waals surface area (Å²) in [5, 5.41) is 3.13. The summed E-state index contributed by atoms with van der Waals surface area (Å²) < 4.78 is 39.6. The normalized spacial score (nSPS) is 12.2. The van der Waals surface area contributed by atoms with Gasteiger partial charge < -0.3 is 10.2 Å². The summed E-state index contributed by atoms with van der Waals surface area (Å²) in [6.45, 7) is 5.25. The molecule has 0 aliphatic carbocycles. The topological polar surface area (TPSA) is 86.8 Å². The number of hydrogen-bond donors (Lipinski definition) is 1. The van der Waals surface area contributed by atoms with Crippen LogP contribution in [0.1, 0.15) is 37.8 Å². The van der Waals surface area contributed by atoms with Crippen LogP contribution in [0.4, 0.5) is 10.1 Å². The second kappa shape index (κ2) is 12.2. The van der Waals surface area contributed by atoms with Gasteiger partial charge >= 0.3 is 0 Å². The van der Waals surface area contributed by atoms with Crippen LogP contribution in [-0.2, 0) is 26.2 Å². The van der Waals surface area contributed by atoms with E-state index in [2.05, 4.69) is 5.32 Å². The van der Waals surface area contributed by atoms with Crippen LogP contribution in [0.2, 0.25) is 5.02 Å². The van der Waals surface area contributed by atoms with E-state index in [-0.39, 0.29) is 18.1 Å². The van der Waals surface area contributed by atoms with Crippen molar-refractivity contribution in [1.82, 2.24) is 10.2 Å². The summed E-state index contributed by atoms with van der Waals surface area (Å²) in [5.41, 5.74) is 1.51. The van der Waals surface area contributed by atoms with Gasteiger partial charge in [-0.2, -0.15) is 0 Å². The Bertz CT molecular complexity index is 1110. The molecule has 34 heavy (non-hydrogen) atoms. The zero-order chi connectivity index (χ0) is 25.5. The van der Waals surface area contributed by atoms with Crippen molar-refractivity contribution < 1.29 is 22.4 Å². The highest BCUT2D eigenvalue weighted by Gasteiger charge is 2.30. The van der Waals surface area contributed by atoms with E-state index in [0.717, 1.165) is 23.4 Å². The first-order valence-electron chi connectivity index (χ1n) is 11.0. The van der Waals surface area contributed by atoms with E-state index in [9.17, 15) is 22.4 Å². The van der Waals surface area contributed by atoms with Crippen LogP contribution in [-0.4, -0.2) is 50.5 Å². The zero-order valence-electron chi connectivity index (χ0n) is 19.8. The van der Waals surface area contributed by atoms with E-state index < -0.39 is 34.3 Å². The molecule has 0 heterocycles. The Kier molecular flexibility index (Phi) is 9.88. The molecule has 2 rings (SSSR count). The van der Waals surface area contributed by atoms with Crippen LogP contribution >= 0.6 is 11.6 Å². The third-order valence-electron chi connectivity index (χ3n) is 5.38. The number of anilines is 1. The first-order valence-corrected chi connectivity index (χ1v) is 13.2. The number of halogens is 2. The number of carbonyl (C=O) groups excluding carboxylic acids is 2. The van der Waals surface area contributed by atoms with E-state index >= 15 is 0 Å². The first kappa shape index (κ1) is 27.6. The van der Waals surface area contributed by atoms with Gasteiger partial charge in [0.05, 0.1) is 11.9 Å². The smallest absolute Gasteiger partial charge is 0.244 e. The van der Waals surface area contributed by atoms with Crippen molar-refractivity contribution in [3.8, 4) is 0 Å². The lowest BCUT2D eigenvalue weighted by atomic mass is 10.1. The predicted molar refractivity (Wildman–Crippen MR) is 133 cm³/mol. The molecule has 1 N–H and O–H groups in total. The van der Waals surface area contributed by atoms with E-state index in [1.54, 1.807) is 26.0 Å². The lowest BCUT2D eigenvalue weighted by Gasteiger charge is -2.32. The van der Waals surface area contributed by atoms with E-state index in [4.69, 9.17) is 11.6 Å². The summed E-state index contributed by atoms with van der Waals surface area (Å²) in [7, 11) is -3.85. The number of unbranched alkanes of at least 4 members (excludes halogenated alkanes) is 1. The van der Waals surface area contributed by atoms with Gasteiger partial charge in [0, 0.05) is 18.1 Å². The van der Waals surface area contributed by atoms with Gasteiger partial charge in [0.25, 0.3) is 0 Å². The van der Waals surface area contributed by atoms with E-state index in [1.807, 2.05) is 6.92 Å². The Labute approximate surface area is 205 Å². The summed E-state index contributed by atoms with van der Waals surface area (Å²) in [4.78, 5) is 27.5. The molecule has 1 atom stereocenters. The molecule has 10 heteroatoms. The summed E-state index contributed by atoms with van der Waals surface area (Å²) in [6.07, 6.45) is 2.70. The van der Waals surface area contributed by atoms with Crippen LogP contribution in [0, 0.1) is 12.7 Å². The van der Waals surface area contributed by atoms with Crippen LogP contribution < -0.4 is 9.62 Å². The van der Waals surface area contributed by atoms with Crippen molar-refractivity contribution >= 4 is 39.1 Å². The molecule has 0 unspecified atom stereocenters. The maximum Gasteiger partial charge on any atom is 0.244 e. The first-order chi connectivity index (χ1) is 15.9. The molecular formula is C24H31ClFN3O4S. The minimum Gasteiger partial charge on any atom is -0.354 e. The molecule has 0 saturated carbocycles. The Morgan fingerprint density at radius 2 is 1.79 bits per heavy atom. The highest BCUT2D eigenvalue weighted by Crippen LogP contribution is 2.26. The van der Waals surface area contributed by atoms with Crippen LogP contribution in [0.5, 0.6) is 0 Å². The molecule has 2 amide bonds. The summed E-state index contributed by atoms with van der Waals surface area (Å²) >= 11 is 6.08. The third-order valence-corrected chi connectivity index (χ3v) is 6.74. The standard InChI is InChI=1S/C24H31ClFN3O4S/c1-5-6-13-27-24(31)18(3)28(15-19-8-11-21(26)12-9-19)23(30)16-29(34(4,32)33)22-14-20(25)10-7-17(22)2/h7-12,14,18H,5-6,13,15-16H2,1-4H3,(H,27,31)/t18-/m1/s1. The van der Waals surface area contributed by atoms with Gasteiger partial charge in [-0.05, 0) is 55.7 Å². The fraction of sp³-hybridized carbons (Fsp3) is 0.417. The highest BCUT2D eigenvalue weighted by atomic mass is 35.5. The molecule has 0 spiro atoms. The SMILES string of the molecule is CCCCNC(=O)[C@@H](C)N(Cc1ccc(F)cc1)C(=O)CN(c1cc(Cl)ccc1C)S(C)(=O)=O. The number of rotatable bonds is 11. The maximum atomic E-state index is 13.4. The van der Waals surface area contributed by atoms with E-state index in [0.29, 0.717) is 22.7 Å². The van der Waals surface area contributed by atoms with Crippen LogP contribution in [0.15, 0.2) is 42.5 Å². The fourth-order valence-corrected chi connectivity index (χ4v) is 4.42. The Hall–Kier alpha value is -2.65. The summed E-state index contributed by atoms with van der Waals surface area (Å²) in [5.74, 6) is -1.35. The molecule has 186 valence electrons. The second-order valence-corrected chi connectivity index (χ2v) is 10.5. The minimum atomic E-state index is -3.85. The van der Waals surface area contributed by atoms with Crippen molar-refractivity contribution in [3.63, 3.8) is 0 Å². The predicted octanol–water partition coefficient (Wildman–Crippen LogP) is 3.89. The number of carbonyl (C=O) groups is 2. The molecule has 2 aromatic rings. The quantitative estimate of drug-likeness (QED) is 0.464. The molecule has 0 radical (unpaired) electrons. The lowest BCUT2D eigenvalue weighted by Crippen LogP contribution is -2.51. The number of benzene rings is 2. The monoisotopic (exact) mass is 511 g/mol. The van der Waals surface area contributed by atoms with Gasteiger partial charge in [-0.15, -0.1) is 0 Å². The van der Waals surface area contributed by atoms with Crippen LogP contribution in [0.25, 0.3) is 0 Å². The molecule has 0 aliphatic heterocycles. The van der Waals surface area contributed by atoms with Gasteiger partial charge in [-0.25, -0.2) is 12.8 Å². The van der Waals surface area contributed by atoms with Crippen LogP contribution in [0.3, 0.4) is 0 Å². The second-order valence-electron chi connectivity index (χ2n) is 8.17. The number of nitrogens with one attached hydrogen (secondary N) is 1. The van der Waals surface area contributed by atoms with Gasteiger partial charge in [-0.3, -0.25) is 13.9 Å². The van der Waals surface area contributed by atoms with Gasteiger partial charge in [0.15, 0.2) is 0 Å². The maximum absolute atomic E-state index is 13.4. The Balaban J connectivity index is 2.38. The number of sulfonamides is 1. The molecule has 0 bridgehead atoms. The summed E-state index contributed by atoms with van der Waals surface area (Å²) in [6, 6.07) is 9.48. The Morgan fingerprint density at radius 1 is 1.15 bits per heavy atom.